The van der Waals surface area contributed by atoms with Crippen molar-refractivity contribution in [2.45, 2.75) is 33.2 Å². The Morgan fingerprint density at radius 2 is 1.78 bits per heavy atom. The zero-order valence-corrected chi connectivity index (χ0v) is 13.5. The maximum absolute atomic E-state index is 12.1. The van der Waals surface area contributed by atoms with E-state index < -0.39 is 23.8 Å². The summed E-state index contributed by atoms with van der Waals surface area (Å²) in [6.45, 7) is 5.30. The van der Waals surface area contributed by atoms with Crippen molar-refractivity contribution in [2.75, 3.05) is 0 Å². The number of carboxylic acid groups (broad SMARTS) is 1. The molecule has 23 heavy (non-hydrogen) atoms. The number of aryl methyl sites for hydroxylation is 1. The van der Waals surface area contributed by atoms with E-state index in [-0.39, 0.29) is 5.76 Å². The molecule has 1 heterocycles. The predicted octanol–water partition coefficient (Wildman–Crippen LogP) is 3.35. The Hall–Kier alpha value is -2.56. The summed E-state index contributed by atoms with van der Waals surface area (Å²) in [5, 5.41) is 11.6. The monoisotopic (exact) mass is 315 g/mol. The van der Waals surface area contributed by atoms with Gasteiger partial charge in [0.25, 0.3) is 5.91 Å². The molecule has 122 valence electrons. The van der Waals surface area contributed by atoms with Crippen molar-refractivity contribution in [1.82, 2.24) is 5.32 Å². The molecule has 0 saturated carbocycles. The average Bonchev–Trinajstić information content (AvgIpc) is 3.04. The molecule has 0 aliphatic heterocycles. The maximum atomic E-state index is 12.1. The predicted molar refractivity (Wildman–Crippen MR) is 87.3 cm³/mol. The van der Waals surface area contributed by atoms with Gasteiger partial charge in [-0.15, -0.1) is 0 Å². The molecule has 2 unspecified atom stereocenters. The zero-order chi connectivity index (χ0) is 17.0. The number of carbonyl (C=O) groups excluding carboxylic acids is 1. The second-order valence-corrected chi connectivity index (χ2v) is 5.60. The lowest BCUT2D eigenvalue weighted by atomic mass is 10.0. The highest BCUT2D eigenvalue weighted by Crippen LogP contribution is 2.23. The molecule has 0 radical (unpaired) electrons. The smallest absolute Gasteiger partial charge is 0.308 e. The van der Waals surface area contributed by atoms with Crippen LogP contribution in [-0.4, -0.2) is 23.0 Å². The summed E-state index contributed by atoms with van der Waals surface area (Å²) in [4.78, 5) is 23.1. The molecule has 0 aliphatic carbocycles. The van der Waals surface area contributed by atoms with Crippen molar-refractivity contribution in [3.05, 3.63) is 47.7 Å². The summed E-state index contributed by atoms with van der Waals surface area (Å²) in [5.74, 6) is -1.26. The van der Waals surface area contributed by atoms with E-state index >= 15 is 0 Å². The minimum absolute atomic E-state index is 0.170. The van der Waals surface area contributed by atoms with E-state index in [1.165, 1.54) is 5.56 Å². The number of aliphatic carboxylic acids is 1. The molecule has 0 spiro atoms. The molecule has 2 atom stereocenters. The molecular formula is C18H21NO4. The normalized spacial score (nSPS) is 13.3. The lowest BCUT2D eigenvalue weighted by Gasteiger charge is -2.16. The maximum Gasteiger partial charge on any atom is 0.308 e. The van der Waals surface area contributed by atoms with Gasteiger partial charge in [0.15, 0.2) is 5.76 Å². The third-order valence-corrected chi connectivity index (χ3v) is 3.97. The molecule has 5 nitrogen and oxygen atoms in total. The minimum Gasteiger partial charge on any atom is -0.481 e. The van der Waals surface area contributed by atoms with Crippen LogP contribution in [0.2, 0.25) is 0 Å². The van der Waals surface area contributed by atoms with Crippen LogP contribution in [0.3, 0.4) is 0 Å². The Morgan fingerprint density at radius 3 is 2.35 bits per heavy atom. The van der Waals surface area contributed by atoms with Gasteiger partial charge in [0, 0.05) is 11.6 Å². The van der Waals surface area contributed by atoms with Crippen molar-refractivity contribution < 1.29 is 19.1 Å². The Bertz CT molecular complexity index is 687. The number of amides is 1. The van der Waals surface area contributed by atoms with Crippen molar-refractivity contribution in [3.8, 4) is 11.3 Å². The van der Waals surface area contributed by atoms with Crippen LogP contribution >= 0.6 is 0 Å². The van der Waals surface area contributed by atoms with E-state index in [2.05, 4.69) is 12.2 Å². The number of benzene rings is 1. The van der Waals surface area contributed by atoms with Gasteiger partial charge in [-0.25, -0.2) is 0 Å². The fourth-order valence-electron chi connectivity index (χ4n) is 2.14. The summed E-state index contributed by atoms with van der Waals surface area (Å²) in [5.41, 5.74) is 2.13. The highest BCUT2D eigenvalue weighted by Gasteiger charge is 2.22. The van der Waals surface area contributed by atoms with E-state index in [4.69, 9.17) is 9.52 Å². The number of hydrogen-bond acceptors (Lipinski definition) is 3. The number of rotatable bonds is 6. The number of hydrogen-bond donors (Lipinski definition) is 2. The summed E-state index contributed by atoms with van der Waals surface area (Å²) in [7, 11) is 0. The Kier molecular flexibility index (Phi) is 5.21. The topological polar surface area (TPSA) is 79.5 Å². The first kappa shape index (κ1) is 16.8. The van der Waals surface area contributed by atoms with Crippen LogP contribution < -0.4 is 5.32 Å². The number of nitrogens with one attached hydrogen (secondary N) is 1. The number of carbonyl (C=O) groups is 2. The second kappa shape index (κ2) is 7.13. The SMILES string of the molecule is CCc1ccc(-c2ccc(C(=O)NC(C)C(C)C(=O)O)o2)cc1. The zero-order valence-electron chi connectivity index (χ0n) is 13.5. The highest BCUT2D eigenvalue weighted by molar-refractivity contribution is 5.92. The Labute approximate surface area is 135 Å². The van der Waals surface area contributed by atoms with Crippen LogP contribution in [-0.2, 0) is 11.2 Å². The first-order chi connectivity index (χ1) is 10.9. The van der Waals surface area contributed by atoms with E-state index in [0.29, 0.717) is 5.76 Å². The number of furan rings is 1. The van der Waals surface area contributed by atoms with Crippen LogP contribution in [0.15, 0.2) is 40.8 Å². The van der Waals surface area contributed by atoms with Gasteiger partial charge >= 0.3 is 5.97 Å². The van der Waals surface area contributed by atoms with Crippen LogP contribution in [0.25, 0.3) is 11.3 Å². The van der Waals surface area contributed by atoms with E-state index in [0.717, 1.165) is 12.0 Å². The van der Waals surface area contributed by atoms with E-state index in [1.54, 1.807) is 26.0 Å². The first-order valence-corrected chi connectivity index (χ1v) is 7.65. The third-order valence-electron chi connectivity index (χ3n) is 3.97. The van der Waals surface area contributed by atoms with Gasteiger partial charge in [0.1, 0.15) is 5.76 Å². The molecule has 1 amide bonds. The molecular weight excluding hydrogens is 294 g/mol. The van der Waals surface area contributed by atoms with Crippen LogP contribution in [0.1, 0.15) is 36.9 Å². The summed E-state index contributed by atoms with van der Waals surface area (Å²) in [6, 6.07) is 10.8. The molecule has 1 aromatic carbocycles. The van der Waals surface area contributed by atoms with Gasteiger partial charge in [-0.3, -0.25) is 9.59 Å². The molecule has 0 saturated heterocycles. The van der Waals surface area contributed by atoms with Crippen molar-refractivity contribution in [3.63, 3.8) is 0 Å². The summed E-state index contributed by atoms with van der Waals surface area (Å²) >= 11 is 0. The van der Waals surface area contributed by atoms with Gasteiger partial charge in [-0.2, -0.15) is 0 Å². The molecule has 2 N–H and O–H groups in total. The lowest BCUT2D eigenvalue weighted by Crippen LogP contribution is -2.39. The molecule has 0 aliphatic rings. The Balaban J connectivity index is 2.08. The average molecular weight is 315 g/mol. The van der Waals surface area contributed by atoms with Gasteiger partial charge < -0.3 is 14.8 Å². The molecule has 2 aromatic rings. The fourth-order valence-corrected chi connectivity index (χ4v) is 2.14. The van der Waals surface area contributed by atoms with E-state index in [1.807, 2.05) is 24.3 Å². The largest absolute Gasteiger partial charge is 0.481 e. The third kappa shape index (κ3) is 4.00. The molecule has 0 fully saturated rings. The fraction of sp³-hybridized carbons (Fsp3) is 0.333. The van der Waals surface area contributed by atoms with E-state index in [9.17, 15) is 9.59 Å². The Morgan fingerprint density at radius 1 is 1.13 bits per heavy atom. The highest BCUT2D eigenvalue weighted by atomic mass is 16.4. The minimum atomic E-state index is -0.950. The molecule has 5 heteroatoms. The number of carboxylic acids is 1. The molecule has 2 rings (SSSR count). The van der Waals surface area contributed by atoms with Crippen LogP contribution in [0, 0.1) is 5.92 Å². The summed E-state index contributed by atoms with van der Waals surface area (Å²) < 4.78 is 5.59. The van der Waals surface area contributed by atoms with Gasteiger partial charge in [-0.05, 0) is 38.0 Å². The first-order valence-electron chi connectivity index (χ1n) is 7.65. The second-order valence-electron chi connectivity index (χ2n) is 5.60. The van der Waals surface area contributed by atoms with Gasteiger partial charge in [0.2, 0.25) is 0 Å². The molecule has 1 aromatic heterocycles. The standard InChI is InChI=1S/C18H21NO4/c1-4-13-5-7-14(8-6-13)15-9-10-16(23-15)17(20)19-12(3)11(2)18(21)22/h5-12H,4H2,1-3H3,(H,19,20)(H,21,22). The van der Waals surface area contributed by atoms with Crippen LogP contribution in [0.4, 0.5) is 0 Å². The van der Waals surface area contributed by atoms with Crippen molar-refractivity contribution >= 4 is 11.9 Å². The molecule has 0 bridgehead atoms. The van der Waals surface area contributed by atoms with Gasteiger partial charge in [-0.1, -0.05) is 31.2 Å². The lowest BCUT2D eigenvalue weighted by molar-refractivity contribution is -0.141. The van der Waals surface area contributed by atoms with Crippen molar-refractivity contribution in [2.24, 2.45) is 5.92 Å². The summed E-state index contributed by atoms with van der Waals surface area (Å²) in [6.07, 6.45) is 0.964. The van der Waals surface area contributed by atoms with Gasteiger partial charge in [0.05, 0.1) is 5.92 Å². The van der Waals surface area contributed by atoms with Crippen molar-refractivity contribution in [1.29, 1.82) is 0 Å². The van der Waals surface area contributed by atoms with Crippen LogP contribution in [0.5, 0.6) is 0 Å². The quantitative estimate of drug-likeness (QED) is 0.856.